The summed E-state index contributed by atoms with van der Waals surface area (Å²) in [5.41, 5.74) is 2.65. The number of benzene rings is 2. The van der Waals surface area contributed by atoms with Crippen molar-refractivity contribution < 1.29 is 27.5 Å². The number of hydrogen-bond acceptors (Lipinski definition) is 3. The van der Waals surface area contributed by atoms with Crippen molar-refractivity contribution in [3.63, 3.8) is 0 Å². The zero-order chi connectivity index (χ0) is 27.6. The third-order valence-electron chi connectivity index (χ3n) is 5.70. The zero-order valence-electron chi connectivity index (χ0n) is 21.4. The molecule has 0 saturated heterocycles. The normalized spacial score (nSPS) is 11.7. The summed E-state index contributed by atoms with van der Waals surface area (Å²) in [5, 5.41) is 11.2. The molecule has 0 fully saturated rings. The largest absolute Gasteiger partial charge is 0.416 e. The number of nitrogens with zero attached hydrogens (tertiary/aromatic N) is 2. The molecule has 0 amide bonds. The van der Waals surface area contributed by atoms with Crippen LogP contribution in [0.2, 0.25) is 0 Å². The molecule has 4 aromatic rings. The molecular formula is C29H32F4N2O2. The molecule has 0 aliphatic rings. The maximum atomic E-state index is 13.0. The Balaban J connectivity index is 0.000000263. The number of aryl methyl sites for hydroxylation is 1. The molecule has 8 heteroatoms. The van der Waals surface area contributed by atoms with Gasteiger partial charge in [0.2, 0.25) is 0 Å². The van der Waals surface area contributed by atoms with Gasteiger partial charge in [0.05, 0.1) is 16.8 Å². The lowest BCUT2D eigenvalue weighted by Gasteiger charge is -2.10. The van der Waals surface area contributed by atoms with Crippen molar-refractivity contribution in [2.75, 3.05) is 7.11 Å². The minimum absolute atomic E-state index is 0.342. The van der Waals surface area contributed by atoms with Crippen molar-refractivity contribution in [2.45, 2.75) is 52.1 Å². The molecule has 4 nitrogen and oxygen atoms in total. The number of pyridine rings is 1. The standard InChI is InChI=1S/C15H10F4N2.C13H18O.CH4O/c1-9-14(10-2-4-12(16)5-3-10)13-8-11(15(17,18)19)6-7-21(13)20-9;1-3-7-13(14)10-11(2)12-8-5-4-6-9-12;1-2/h2-8H,1H3;4-6,8-9,11H,3,7,10H2,1-2H3;2H,1H3. The van der Waals surface area contributed by atoms with E-state index in [0.717, 1.165) is 32.1 Å². The van der Waals surface area contributed by atoms with Crippen LogP contribution >= 0.6 is 0 Å². The van der Waals surface area contributed by atoms with Crippen LogP contribution in [0.4, 0.5) is 17.6 Å². The summed E-state index contributed by atoms with van der Waals surface area (Å²) in [6, 6.07) is 17.9. The zero-order valence-corrected chi connectivity index (χ0v) is 21.4. The molecule has 4 rings (SSSR count). The highest BCUT2D eigenvalue weighted by atomic mass is 19.4. The number of aromatic nitrogens is 2. The number of halogens is 4. The predicted octanol–water partition coefficient (Wildman–Crippen LogP) is 7.63. The summed E-state index contributed by atoms with van der Waals surface area (Å²) in [7, 11) is 1.00. The van der Waals surface area contributed by atoms with Gasteiger partial charge in [-0.2, -0.15) is 18.3 Å². The van der Waals surface area contributed by atoms with Gasteiger partial charge in [-0.25, -0.2) is 8.91 Å². The SMILES string of the molecule is CCCC(=O)CC(C)c1ccccc1.CO.Cc1nn2ccc(C(F)(F)F)cc2c1-c1ccc(F)cc1. The van der Waals surface area contributed by atoms with Gasteiger partial charge < -0.3 is 5.11 Å². The van der Waals surface area contributed by atoms with E-state index in [1.807, 2.05) is 25.1 Å². The topological polar surface area (TPSA) is 54.6 Å². The van der Waals surface area contributed by atoms with E-state index in [0.29, 0.717) is 40.5 Å². The number of fused-ring (bicyclic) bond motifs is 1. The van der Waals surface area contributed by atoms with Crippen LogP contribution in [0.25, 0.3) is 16.6 Å². The molecule has 0 saturated carbocycles. The number of ketones is 1. The molecule has 198 valence electrons. The van der Waals surface area contributed by atoms with Crippen molar-refractivity contribution in [2.24, 2.45) is 0 Å². The van der Waals surface area contributed by atoms with E-state index in [1.54, 1.807) is 6.92 Å². The number of aliphatic hydroxyl groups is 1. The number of carbonyl (C=O) groups is 1. The molecule has 0 radical (unpaired) electrons. The first kappa shape index (κ1) is 29.7. The van der Waals surface area contributed by atoms with Crippen molar-refractivity contribution in [3.05, 3.63) is 95.6 Å². The molecule has 2 heterocycles. The fraction of sp³-hybridized carbons (Fsp3) is 0.310. The number of aliphatic hydroxyl groups excluding tert-OH is 1. The minimum atomic E-state index is -4.42. The summed E-state index contributed by atoms with van der Waals surface area (Å²) in [6.07, 6.45) is -0.784. The number of carbonyl (C=O) groups excluding carboxylic acids is 1. The van der Waals surface area contributed by atoms with Crippen LogP contribution in [0.3, 0.4) is 0 Å². The van der Waals surface area contributed by atoms with Gasteiger partial charge in [-0.1, -0.05) is 56.3 Å². The van der Waals surface area contributed by atoms with Crippen LogP contribution in [0.1, 0.15) is 55.8 Å². The first-order valence-corrected chi connectivity index (χ1v) is 11.9. The van der Waals surface area contributed by atoms with Gasteiger partial charge in [0.1, 0.15) is 11.6 Å². The van der Waals surface area contributed by atoms with Crippen molar-refractivity contribution in [1.82, 2.24) is 9.61 Å². The second kappa shape index (κ2) is 13.7. The first-order chi connectivity index (χ1) is 17.6. The van der Waals surface area contributed by atoms with E-state index in [2.05, 4.69) is 24.2 Å². The Bertz CT molecular complexity index is 1270. The second-order valence-electron chi connectivity index (χ2n) is 8.51. The van der Waals surface area contributed by atoms with Crippen LogP contribution in [-0.4, -0.2) is 27.6 Å². The van der Waals surface area contributed by atoms with Crippen LogP contribution < -0.4 is 0 Å². The van der Waals surface area contributed by atoms with Gasteiger partial charge in [0.25, 0.3) is 0 Å². The third-order valence-corrected chi connectivity index (χ3v) is 5.70. The Morgan fingerprint density at radius 2 is 1.65 bits per heavy atom. The minimum Gasteiger partial charge on any atom is -0.400 e. The lowest BCUT2D eigenvalue weighted by molar-refractivity contribution is -0.137. The van der Waals surface area contributed by atoms with Gasteiger partial charge >= 0.3 is 6.18 Å². The van der Waals surface area contributed by atoms with E-state index >= 15 is 0 Å². The van der Waals surface area contributed by atoms with Crippen molar-refractivity contribution >= 4 is 11.3 Å². The highest BCUT2D eigenvalue weighted by Gasteiger charge is 2.31. The van der Waals surface area contributed by atoms with Crippen LogP contribution in [0.15, 0.2) is 72.9 Å². The Kier molecular flexibility index (Phi) is 11.0. The number of rotatable bonds is 6. The van der Waals surface area contributed by atoms with E-state index < -0.39 is 17.6 Å². The molecule has 2 aromatic heterocycles. The summed E-state index contributed by atoms with van der Waals surface area (Å²) in [6.45, 7) is 5.87. The highest BCUT2D eigenvalue weighted by molar-refractivity contribution is 5.82. The molecule has 37 heavy (non-hydrogen) atoms. The van der Waals surface area contributed by atoms with Crippen LogP contribution in [0.5, 0.6) is 0 Å². The average Bonchev–Trinajstić information content (AvgIpc) is 3.21. The average molecular weight is 517 g/mol. The van der Waals surface area contributed by atoms with Gasteiger partial charge in [-0.15, -0.1) is 0 Å². The molecule has 0 aliphatic carbocycles. The summed E-state index contributed by atoms with van der Waals surface area (Å²) in [4.78, 5) is 11.4. The molecule has 1 N–H and O–H groups in total. The lowest BCUT2D eigenvalue weighted by Crippen LogP contribution is -2.05. The lowest BCUT2D eigenvalue weighted by atomic mass is 9.94. The van der Waals surface area contributed by atoms with Gasteiger partial charge in [-0.05, 0) is 54.7 Å². The quantitative estimate of drug-likeness (QED) is 0.268. The molecule has 0 bridgehead atoms. The maximum Gasteiger partial charge on any atom is 0.416 e. The monoisotopic (exact) mass is 516 g/mol. The molecule has 0 spiro atoms. The number of Topliss-reactive ketones (excluding diaryl/α,β-unsaturated/α-hetero) is 1. The van der Waals surface area contributed by atoms with E-state index in [-0.39, 0.29) is 0 Å². The second-order valence-corrected chi connectivity index (χ2v) is 8.51. The molecule has 1 unspecified atom stereocenters. The van der Waals surface area contributed by atoms with Crippen LogP contribution in [0, 0.1) is 12.7 Å². The maximum absolute atomic E-state index is 13.0. The van der Waals surface area contributed by atoms with Crippen molar-refractivity contribution in [3.8, 4) is 11.1 Å². The van der Waals surface area contributed by atoms with Crippen molar-refractivity contribution in [1.29, 1.82) is 0 Å². The number of alkyl halides is 3. The predicted molar refractivity (Wildman–Crippen MR) is 138 cm³/mol. The van der Waals surface area contributed by atoms with E-state index in [9.17, 15) is 22.4 Å². The third kappa shape index (κ3) is 8.25. The van der Waals surface area contributed by atoms with Crippen LogP contribution in [-0.2, 0) is 11.0 Å². The molecule has 1 atom stereocenters. The number of hydrogen-bond donors (Lipinski definition) is 1. The Hall–Kier alpha value is -3.52. The highest BCUT2D eigenvalue weighted by Crippen LogP contribution is 2.34. The molecule has 0 aliphatic heterocycles. The van der Waals surface area contributed by atoms with Gasteiger partial charge in [-0.3, -0.25) is 4.79 Å². The Labute approximate surface area is 214 Å². The van der Waals surface area contributed by atoms with E-state index in [4.69, 9.17) is 5.11 Å². The van der Waals surface area contributed by atoms with Gasteiger partial charge in [0, 0.05) is 31.7 Å². The molecule has 2 aromatic carbocycles. The summed E-state index contributed by atoms with van der Waals surface area (Å²) in [5.74, 6) is 0.336. The fourth-order valence-corrected chi connectivity index (χ4v) is 3.94. The van der Waals surface area contributed by atoms with Gasteiger partial charge in [0.15, 0.2) is 0 Å². The van der Waals surface area contributed by atoms with E-state index in [1.165, 1.54) is 40.5 Å². The summed E-state index contributed by atoms with van der Waals surface area (Å²) < 4.78 is 52.9. The molecular weight excluding hydrogens is 484 g/mol. The summed E-state index contributed by atoms with van der Waals surface area (Å²) >= 11 is 0. The Morgan fingerprint density at radius 1 is 1.03 bits per heavy atom. The fourth-order valence-electron chi connectivity index (χ4n) is 3.94. The Morgan fingerprint density at radius 3 is 2.22 bits per heavy atom. The smallest absolute Gasteiger partial charge is 0.400 e. The first-order valence-electron chi connectivity index (χ1n) is 11.9.